The number of rotatable bonds is 9. The molecule has 0 bridgehead atoms. The van der Waals surface area contributed by atoms with Crippen molar-refractivity contribution in [2.75, 3.05) is 7.11 Å². The van der Waals surface area contributed by atoms with Crippen LogP contribution < -0.4 is 0 Å². The van der Waals surface area contributed by atoms with Gasteiger partial charge in [0.1, 0.15) is 0 Å². The lowest BCUT2D eigenvalue weighted by molar-refractivity contribution is -0.136. The molecule has 0 rings (SSSR count). The first kappa shape index (κ1) is 20.7. The maximum atomic E-state index is 10.2. The lowest BCUT2D eigenvalue weighted by atomic mass is 10.1. The zero-order valence-electron chi connectivity index (χ0n) is 13.0. The zero-order chi connectivity index (χ0) is 15.8. The highest BCUT2D eigenvalue weighted by atomic mass is 16.5. The molecule has 0 heterocycles. The van der Waals surface area contributed by atoms with Gasteiger partial charge in [-0.05, 0) is 19.8 Å². The van der Waals surface area contributed by atoms with Crippen molar-refractivity contribution in [3.05, 3.63) is 24.3 Å². The van der Waals surface area contributed by atoms with E-state index in [1.54, 1.807) is 13.0 Å². The van der Waals surface area contributed by atoms with Crippen LogP contribution in [-0.4, -0.2) is 24.2 Å². The number of methoxy groups -OCH3 is 1. The Labute approximate surface area is 122 Å². The SMILES string of the molecule is C=C(C)C(=O)OC.CCCCCCCCC=CC(=O)O. The number of unbranched alkanes of at least 4 members (excludes halogenated alkanes) is 6. The molecule has 0 saturated carbocycles. The molecule has 1 N–H and O–H groups in total. The van der Waals surface area contributed by atoms with E-state index in [1.807, 2.05) is 0 Å². The van der Waals surface area contributed by atoms with Crippen LogP contribution in [0.5, 0.6) is 0 Å². The normalized spacial score (nSPS) is 9.75. The Morgan fingerprint density at radius 3 is 2.10 bits per heavy atom. The van der Waals surface area contributed by atoms with Crippen LogP contribution in [0, 0.1) is 0 Å². The standard InChI is InChI=1S/C11H20O2.C5H8O2/c1-2-3-4-5-6-7-8-9-10-11(12)13;1-4(2)5(6)7-3/h9-10H,2-8H2,1H3,(H,12,13);1H2,2-3H3. The molecule has 0 aliphatic heterocycles. The molecular weight excluding hydrogens is 256 g/mol. The van der Waals surface area contributed by atoms with Crippen LogP contribution in [0.2, 0.25) is 0 Å². The third-order valence-corrected chi connectivity index (χ3v) is 2.52. The van der Waals surface area contributed by atoms with Gasteiger partial charge in [-0.1, -0.05) is 51.7 Å². The molecule has 0 atom stereocenters. The van der Waals surface area contributed by atoms with Gasteiger partial charge in [0.15, 0.2) is 0 Å². The number of allylic oxidation sites excluding steroid dienone is 1. The van der Waals surface area contributed by atoms with Gasteiger partial charge in [-0.2, -0.15) is 0 Å². The van der Waals surface area contributed by atoms with Crippen LogP contribution in [0.3, 0.4) is 0 Å². The van der Waals surface area contributed by atoms with Crippen LogP contribution >= 0.6 is 0 Å². The topological polar surface area (TPSA) is 63.6 Å². The summed E-state index contributed by atoms with van der Waals surface area (Å²) in [6.07, 6.45) is 11.4. The average molecular weight is 284 g/mol. The molecule has 0 aromatic rings. The molecule has 0 fully saturated rings. The Bertz CT molecular complexity index is 306. The molecule has 4 heteroatoms. The van der Waals surface area contributed by atoms with Gasteiger partial charge in [0, 0.05) is 11.6 Å². The van der Waals surface area contributed by atoms with E-state index in [0.717, 1.165) is 12.8 Å². The Morgan fingerprint density at radius 2 is 1.70 bits per heavy atom. The third kappa shape index (κ3) is 18.8. The minimum Gasteiger partial charge on any atom is -0.478 e. The number of aliphatic carboxylic acids is 1. The molecule has 116 valence electrons. The number of carboxylic acids is 1. The Morgan fingerprint density at radius 1 is 1.15 bits per heavy atom. The van der Waals surface area contributed by atoms with Gasteiger partial charge in [-0.15, -0.1) is 0 Å². The maximum Gasteiger partial charge on any atom is 0.332 e. The summed E-state index contributed by atoms with van der Waals surface area (Å²) in [4.78, 5) is 20.3. The van der Waals surface area contributed by atoms with Crippen LogP contribution in [0.4, 0.5) is 0 Å². The fraction of sp³-hybridized carbons (Fsp3) is 0.625. The van der Waals surface area contributed by atoms with E-state index in [9.17, 15) is 9.59 Å². The maximum absolute atomic E-state index is 10.2. The molecule has 0 saturated heterocycles. The van der Waals surface area contributed by atoms with Crippen LogP contribution in [-0.2, 0) is 14.3 Å². The predicted octanol–water partition coefficient (Wildman–Crippen LogP) is 4.11. The molecule has 20 heavy (non-hydrogen) atoms. The average Bonchev–Trinajstić information content (AvgIpc) is 2.41. The summed E-state index contributed by atoms with van der Waals surface area (Å²) < 4.78 is 4.27. The highest BCUT2D eigenvalue weighted by Crippen LogP contribution is 2.06. The summed E-state index contributed by atoms with van der Waals surface area (Å²) >= 11 is 0. The van der Waals surface area contributed by atoms with Crippen molar-refractivity contribution >= 4 is 11.9 Å². The van der Waals surface area contributed by atoms with Gasteiger partial charge in [0.25, 0.3) is 0 Å². The first-order valence-corrected chi connectivity index (χ1v) is 7.09. The fourth-order valence-electron chi connectivity index (χ4n) is 1.40. The summed E-state index contributed by atoms with van der Waals surface area (Å²) in [5, 5.41) is 8.30. The van der Waals surface area contributed by atoms with E-state index in [1.165, 1.54) is 45.3 Å². The molecule has 0 radical (unpaired) electrons. The molecular formula is C16H28O4. The number of carbonyl (C=O) groups is 2. The first-order chi connectivity index (χ1) is 9.45. The molecule has 0 aromatic carbocycles. The summed E-state index contributed by atoms with van der Waals surface area (Å²) in [6.45, 7) is 7.16. The van der Waals surface area contributed by atoms with Crippen LogP contribution in [0.15, 0.2) is 24.3 Å². The lowest BCUT2D eigenvalue weighted by Gasteiger charge is -1.96. The smallest absolute Gasteiger partial charge is 0.332 e. The van der Waals surface area contributed by atoms with Gasteiger partial charge >= 0.3 is 11.9 Å². The van der Waals surface area contributed by atoms with Crippen LogP contribution in [0.25, 0.3) is 0 Å². The molecule has 0 aliphatic carbocycles. The van der Waals surface area contributed by atoms with Crippen molar-refractivity contribution in [1.82, 2.24) is 0 Å². The van der Waals surface area contributed by atoms with E-state index >= 15 is 0 Å². The summed E-state index contributed by atoms with van der Waals surface area (Å²) in [7, 11) is 1.33. The summed E-state index contributed by atoms with van der Waals surface area (Å²) in [5.74, 6) is -1.19. The van der Waals surface area contributed by atoms with Crippen molar-refractivity contribution in [3.63, 3.8) is 0 Å². The number of hydrogen-bond donors (Lipinski definition) is 1. The van der Waals surface area contributed by atoms with Gasteiger partial charge in [-0.25, -0.2) is 9.59 Å². The third-order valence-electron chi connectivity index (χ3n) is 2.52. The number of hydrogen-bond acceptors (Lipinski definition) is 3. The summed E-state index contributed by atoms with van der Waals surface area (Å²) in [6, 6.07) is 0. The van der Waals surface area contributed by atoms with Crippen LogP contribution in [0.1, 0.15) is 58.8 Å². The second-order valence-electron chi connectivity index (χ2n) is 4.57. The first-order valence-electron chi connectivity index (χ1n) is 7.09. The largest absolute Gasteiger partial charge is 0.478 e. The molecule has 0 unspecified atom stereocenters. The lowest BCUT2D eigenvalue weighted by Crippen LogP contribution is -1.98. The molecule has 0 spiro atoms. The van der Waals surface area contributed by atoms with E-state index in [-0.39, 0.29) is 5.97 Å². The quantitative estimate of drug-likeness (QED) is 0.393. The fourth-order valence-corrected chi connectivity index (χ4v) is 1.40. The van der Waals surface area contributed by atoms with E-state index in [0.29, 0.717) is 5.57 Å². The molecule has 0 aliphatic rings. The van der Waals surface area contributed by atoms with Gasteiger partial charge in [0.2, 0.25) is 0 Å². The minimum atomic E-state index is -0.842. The Hall–Kier alpha value is -1.58. The summed E-state index contributed by atoms with van der Waals surface area (Å²) in [5.41, 5.74) is 0.433. The minimum absolute atomic E-state index is 0.347. The van der Waals surface area contributed by atoms with Crippen molar-refractivity contribution < 1.29 is 19.4 Å². The number of ether oxygens (including phenoxy) is 1. The Kier molecular flexibility index (Phi) is 16.0. The monoisotopic (exact) mass is 284 g/mol. The highest BCUT2D eigenvalue weighted by Gasteiger charge is 1.95. The van der Waals surface area contributed by atoms with E-state index < -0.39 is 5.97 Å². The molecule has 4 nitrogen and oxygen atoms in total. The van der Waals surface area contributed by atoms with Crippen molar-refractivity contribution in [3.8, 4) is 0 Å². The second-order valence-corrected chi connectivity index (χ2v) is 4.57. The second kappa shape index (κ2) is 15.5. The van der Waals surface area contributed by atoms with Gasteiger partial charge in [0.05, 0.1) is 7.11 Å². The van der Waals surface area contributed by atoms with E-state index in [2.05, 4.69) is 18.2 Å². The van der Waals surface area contributed by atoms with Gasteiger partial charge in [-0.3, -0.25) is 0 Å². The Balaban J connectivity index is 0. The van der Waals surface area contributed by atoms with Crippen molar-refractivity contribution in [2.45, 2.75) is 58.8 Å². The predicted molar refractivity (Wildman–Crippen MR) is 81.6 cm³/mol. The zero-order valence-corrected chi connectivity index (χ0v) is 13.0. The van der Waals surface area contributed by atoms with Crippen molar-refractivity contribution in [1.29, 1.82) is 0 Å². The van der Waals surface area contributed by atoms with Crippen molar-refractivity contribution in [2.24, 2.45) is 0 Å². The molecule has 0 amide bonds. The number of carboxylic acid groups (broad SMARTS) is 1. The number of carbonyl (C=O) groups excluding carboxylic acids is 1. The molecule has 0 aromatic heterocycles. The number of esters is 1. The highest BCUT2D eigenvalue weighted by molar-refractivity contribution is 5.86. The van der Waals surface area contributed by atoms with E-state index in [4.69, 9.17) is 5.11 Å². The van der Waals surface area contributed by atoms with Gasteiger partial charge < -0.3 is 9.84 Å².